The second kappa shape index (κ2) is 9.37. The molecule has 1 aliphatic carbocycles. The summed E-state index contributed by atoms with van der Waals surface area (Å²) in [5.41, 5.74) is -0.0372. The van der Waals surface area contributed by atoms with Crippen molar-refractivity contribution in [1.29, 1.82) is 0 Å². The Morgan fingerprint density at radius 1 is 1.17 bits per heavy atom. The lowest BCUT2D eigenvalue weighted by molar-refractivity contribution is -0.137. The molecular weight excluding hydrogens is 383 g/mol. The van der Waals surface area contributed by atoms with Gasteiger partial charge in [-0.2, -0.15) is 13.2 Å². The number of hydrogen-bond donors (Lipinski definition) is 2. The van der Waals surface area contributed by atoms with E-state index in [2.05, 4.69) is 20.5 Å². The molecule has 160 valence electrons. The van der Waals surface area contributed by atoms with Crippen LogP contribution in [0.2, 0.25) is 0 Å². The van der Waals surface area contributed by atoms with E-state index in [9.17, 15) is 18.0 Å². The first-order valence-corrected chi connectivity index (χ1v) is 10.1. The fraction of sp³-hybridized carbons (Fsp3) is 0.600. The minimum Gasteiger partial charge on any atom is -0.368 e. The molecule has 9 heteroatoms. The summed E-state index contributed by atoms with van der Waals surface area (Å²) in [7, 11) is 0. The van der Waals surface area contributed by atoms with Crippen molar-refractivity contribution < 1.29 is 18.0 Å². The van der Waals surface area contributed by atoms with Gasteiger partial charge in [0.25, 0.3) is 0 Å². The third-order valence-corrected chi connectivity index (χ3v) is 5.07. The Hall–Kier alpha value is -2.45. The van der Waals surface area contributed by atoms with Crippen LogP contribution in [0.1, 0.15) is 25.3 Å². The summed E-state index contributed by atoms with van der Waals surface area (Å²) in [6, 6.07) is 5.47. The Morgan fingerprint density at radius 2 is 1.90 bits per heavy atom. The van der Waals surface area contributed by atoms with Crippen LogP contribution < -0.4 is 15.5 Å². The van der Waals surface area contributed by atoms with Gasteiger partial charge in [-0.3, -0.25) is 9.79 Å². The maximum absolute atomic E-state index is 13.0. The van der Waals surface area contributed by atoms with Gasteiger partial charge in [0.1, 0.15) is 0 Å². The molecule has 6 nitrogen and oxygen atoms in total. The highest BCUT2D eigenvalue weighted by molar-refractivity contribution is 5.81. The number of benzene rings is 1. The molecule has 0 bridgehead atoms. The van der Waals surface area contributed by atoms with Crippen LogP contribution in [0.25, 0.3) is 0 Å². The molecule has 1 heterocycles. The van der Waals surface area contributed by atoms with Crippen molar-refractivity contribution in [2.24, 2.45) is 10.9 Å². The molecule has 1 saturated heterocycles. The van der Waals surface area contributed by atoms with Gasteiger partial charge in [-0.05, 0) is 38.0 Å². The number of carbonyl (C=O) groups excluding carboxylic acids is 1. The predicted octanol–water partition coefficient (Wildman–Crippen LogP) is 2.32. The molecule has 0 aromatic heterocycles. The minimum atomic E-state index is -4.34. The van der Waals surface area contributed by atoms with Crippen molar-refractivity contribution in [3.05, 3.63) is 29.8 Å². The quantitative estimate of drug-likeness (QED) is 0.429. The first-order valence-electron chi connectivity index (χ1n) is 10.1. The highest BCUT2D eigenvalue weighted by Crippen LogP contribution is 2.32. The summed E-state index contributed by atoms with van der Waals surface area (Å²) in [6.45, 7) is 6.27. The zero-order valence-corrected chi connectivity index (χ0v) is 16.6. The molecule has 0 atom stereocenters. The molecule has 1 aromatic rings. The molecule has 2 N–H and O–H groups in total. The molecule has 1 aromatic carbocycles. The highest BCUT2D eigenvalue weighted by atomic mass is 19.4. The Bertz CT molecular complexity index is 725. The number of anilines is 1. The van der Waals surface area contributed by atoms with Crippen LogP contribution in [0.3, 0.4) is 0 Å². The fourth-order valence-corrected chi connectivity index (χ4v) is 3.31. The van der Waals surface area contributed by atoms with Crippen LogP contribution in [0.15, 0.2) is 29.3 Å². The first-order chi connectivity index (χ1) is 13.9. The second-order valence-electron chi connectivity index (χ2n) is 7.32. The van der Waals surface area contributed by atoms with Gasteiger partial charge in [0.2, 0.25) is 5.91 Å². The number of piperazine rings is 1. The molecule has 0 spiro atoms. The van der Waals surface area contributed by atoms with Gasteiger partial charge in [-0.15, -0.1) is 0 Å². The third-order valence-electron chi connectivity index (χ3n) is 5.07. The van der Waals surface area contributed by atoms with Crippen LogP contribution in [-0.2, 0) is 11.0 Å². The predicted molar refractivity (Wildman–Crippen MR) is 107 cm³/mol. The normalized spacial score (nSPS) is 18.0. The number of nitrogens with one attached hydrogen (secondary N) is 2. The van der Waals surface area contributed by atoms with E-state index in [1.54, 1.807) is 6.07 Å². The van der Waals surface area contributed by atoms with Gasteiger partial charge in [0.05, 0.1) is 12.1 Å². The number of nitrogens with zero attached hydrogens (tertiary/aromatic N) is 3. The van der Waals surface area contributed by atoms with E-state index >= 15 is 0 Å². The van der Waals surface area contributed by atoms with E-state index in [-0.39, 0.29) is 11.8 Å². The maximum atomic E-state index is 13.0. The van der Waals surface area contributed by atoms with Crippen molar-refractivity contribution in [1.82, 2.24) is 15.5 Å². The monoisotopic (exact) mass is 411 g/mol. The molecule has 1 amide bonds. The van der Waals surface area contributed by atoms with Gasteiger partial charge in [-0.25, -0.2) is 0 Å². The average Bonchev–Trinajstić information content (AvgIpc) is 3.55. The highest BCUT2D eigenvalue weighted by Gasteiger charge is 2.31. The molecule has 29 heavy (non-hydrogen) atoms. The van der Waals surface area contributed by atoms with Crippen molar-refractivity contribution in [2.45, 2.75) is 25.9 Å². The smallest absolute Gasteiger partial charge is 0.368 e. The lowest BCUT2D eigenvalue weighted by Crippen LogP contribution is -2.52. The molecule has 0 radical (unpaired) electrons. The molecule has 2 aliphatic rings. The zero-order valence-electron chi connectivity index (χ0n) is 16.6. The number of carbonyl (C=O) groups is 1. The van der Waals surface area contributed by atoms with Crippen LogP contribution in [-0.4, -0.2) is 62.6 Å². The van der Waals surface area contributed by atoms with E-state index in [0.29, 0.717) is 45.0 Å². The minimum absolute atomic E-state index is 0.111. The van der Waals surface area contributed by atoms with Gasteiger partial charge >= 0.3 is 6.18 Å². The topological polar surface area (TPSA) is 60.0 Å². The number of guanidine groups is 1. The van der Waals surface area contributed by atoms with Crippen molar-refractivity contribution in [3.63, 3.8) is 0 Å². The Balaban J connectivity index is 1.53. The lowest BCUT2D eigenvalue weighted by Gasteiger charge is -2.38. The largest absolute Gasteiger partial charge is 0.416 e. The standard InChI is InChI=1S/C20H28F3N5O/c1-2-24-19(26-9-8-25-18(29)15-6-7-15)28-12-10-27(11-13-28)17-5-3-4-16(14-17)20(21,22)23/h3-5,14-15H,2,6-13H2,1H3,(H,24,26)(H,25,29). The molecular formula is C20H28F3N5O. The molecule has 0 unspecified atom stereocenters. The third kappa shape index (κ3) is 6.01. The summed E-state index contributed by atoms with van der Waals surface area (Å²) < 4.78 is 38.9. The lowest BCUT2D eigenvalue weighted by atomic mass is 10.1. The summed E-state index contributed by atoms with van der Waals surface area (Å²) in [6.07, 6.45) is -2.38. The summed E-state index contributed by atoms with van der Waals surface area (Å²) >= 11 is 0. The molecule has 1 saturated carbocycles. The number of halogens is 3. The van der Waals surface area contributed by atoms with E-state index in [0.717, 1.165) is 31.4 Å². The van der Waals surface area contributed by atoms with Crippen molar-refractivity contribution in [2.75, 3.05) is 50.7 Å². The van der Waals surface area contributed by atoms with E-state index in [1.165, 1.54) is 12.1 Å². The van der Waals surface area contributed by atoms with E-state index in [1.807, 2.05) is 11.8 Å². The molecule has 3 rings (SSSR count). The van der Waals surface area contributed by atoms with E-state index in [4.69, 9.17) is 0 Å². The number of alkyl halides is 3. The van der Waals surface area contributed by atoms with Crippen LogP contribution in [0.4, 0.5) is 18.9 Å². The zero-order chi connectivity index (χ0) is 20.9. The Labute approximate surface area is 169 Å². The van der Waals surface area contributed by atoms with Gasteiger partial charge in [0.15, 0.2) is 5.96 Å². The molecule has 2 fully saturated rings. The maximum Gasteiger partial charge on any atom is 0.416 e. The average molecular weight is 411 g/mol. The summed E-state index contributed by atoms with van der Waals surface area (Å²) in [4.78, 5) is 20.3. The van der Waals surface area contributed by atoms with E-state index < -0.39 is 11.7 Å². The Morgan fingerprint density at radius 3 is 2.52 bits per heavy atom. The first kappa shape index (κ1) is 21.3. The van der Waals surface area contributed by atoms with Crippen molar-refractivity contribution in [3.8, 4) is 0 Å². The Kier molecular flexibility index (Phi) is 6.87. The van der Waals surface area contributed by atoms with Gasteiger partial charge in [0, 0.05) is 50.9 Å². The van der Waals surface area contributed by atoms with Gasteiger partial charge < -0.3 is 20.4 Å². The number of hydrogen-bond acceptors (Lipinski definition) is 3. The number of amides is 1. The van der Waals surface area contributed by atoms with Gasteiger partial charge in [-0.1, -0.05) is 6.07 Å². The second-order valence-corrected chi connectivity index (χ2v) is 7.32. The SMILES string of the molecule is CCNC(=NCCNC(=O)C1CC1)N1CCN(c2cccc(C(F)(F)F)c2)CC1. The molecule has 1 aliphatic heterocycles. The van der Waals surface area contributed by atoms with Crippen LogP contribution >= 0.6 is 0 Å². The van der Waals surface area contributed by atoms with Crippen LogP contribution in [0, 0.1) is 5.92 Å². The summed E-state index contributed by atoms with van der Waals surface area (Å²) in [5.74, 6) is 1.08. The fourth-order valence-electron chi connectivity index (χ4n) is 3.31. The summed E-state index contributed by atoms with van der Waals surface area (Å²) in [5, 5.41) is 6.15. The van der Waals surface area contributed by atoms with Crippen molar-refractivity contribution >= 4 is 17.6 Å². The number of aliphatic imine (C=N–C) groups is 1. The van der Waals surface area contributed by atoms with Crippen LogP contribution in [0.5, 0.6) is 0 Å². The number of rotatable bonds is 6.